The number of ether oxygens (including phenoxy) is 1. The lowest BCUT2D eigenvalue weighted by molar-refractivity contribution is 0.0830. The largest absolute Gasteiger partial charge is 0.449 e. The molecular formula is C22H31N3O2. The van der Waals surface area contributed by atoms with Gasteiger partial charge < -0.3 is 14.5 Å². The van der Waals surface area contributed by atoms with E-state index in [1.165, 1.54) is 12.8 Å². The average Bonchev–Trinajstić information content (AvgIpc) is 2.73. The zero-order valence-electron chi connectivity index (χ0n) is 16.6. The van der Waals surface area contributed by atoms with Crippen LogP contribution in [0.15, 0.2) is 36.4 Å². The molecule has 1 aliphatic heterocycles. The highest BCUT2D eigenvalue weighted by Crippen LogP contribution is 2.20. The molecule has 2 heterocycles. The van der Waals surface area contributed by atoms with E-state index in [4.69, 9.17) is 9.72 Å². The molecule has 1 fully saturated rings. The van der Waals surface area contributed by atoms with Crippen LogP contribution in [0.4, 0.5) is 10.6 Å². The Morgan fingerprint density at radius 3 is 2.63 bits per heavy atom. The molecule has 1 saturated heterocycles. The maximum atomic E-state index is 12.4. The van der Waals surface area contributed by atoms with Gasteiger partial charge in [-0.25, -0.2) is 9.78 Å². The van der Waals surface area contributed by atoms with Crippen molar-refractivity contribution in [2.45, 2.75) is 39.5 Å². The Balaban J connectivity index is 1.49. The van der Waals surface area contributed by atoms with Crippen molar-refractivity contribution in [2.24, 2.45) is 5.92 Å². The third-order valence-electron chi connectivity index (χ3n) is 5.43. The van der Waals surface area contributed by atoms with Gasteiger partial charge in [-0.15, -0.1) is 0 Å². The van der Waals surface area contributed by atoms with Crippen molar-refractivity contribution in [1.29, 1.82) is 0 Å². The Morgan fingerprint density at radius 1 is 1.11 bits per heavy atom. The summed E-state index contributed by atoms with van der Waals surface area (Å²) in [7, 11) is 0. The molecular weight excluding hydrogens is 338 g/mol. The maximum absolute atomic E-state index is 12.4. The van der Waals surface area contributed by atoms with Crippen LogP contribution < -0.4 is 4.90 Å². The summed E-state index contributed by atoms with van der Waals surface area (Å²) in [5.41, 5.74) is 1.01. The van der Waals surface area contributed by atoms with Crippen molar-refractivity contribution in [3.8, 4) is 0 Å². The van der Waals surface area contributed by atoms with Gasteiger partial charge in [0.05, 0.1) is 12.1 Å². The van der Waals surface area contributed by atoms with Gasteiger partial charge in [-0.05, 0) is 30.5 Å². The first-order valence-corrected chi connectivity index (χ1v) is 10.2. The number of piperazine rings is 1. The number of hydrogen-bond donors (Lipinski definition) is 0. The van der Waals surface area contributed by atoms with Crippen LogP contribution >= 0.6 is 0 Å². The molecule has 1 atom stereocenters. The molecule has 0 aliphatic carbocycles. The quantitative estimate of drug-likeness (QED) is 0.709. The normalized spacial score (nSPS) is 15.8. The van der Waals surface area contributed by atoms with Crippen molar-refractivity contribution in [2.75, 3.05) is 37.7 Å². The number of nitrogens with zero attached hydrogens (tertiary/aromatic N) is 3. The van der Waals surface area contributed by atoms with Crippen LogP contribution in [0, 0.1) is 5.92 Å². The number of benzene rings is 1. The number of pyridine rings is 1. The second-order valence-electron chi connectivity index (χ2n) is 7.33. The number of anilines is 1. The van der Waals surface area contributed by atoms with Crippen LogP contribution in [0.1, 0.15) is 39.5 Å². The Hall–Kier alpha value is -2.30. The molecule has 27 heavy (non-hydrogen) atoms. The van der Waals surface area contributed by atoms with E-state index in [9.17, 15) is 4.79 Å². The predicted molar refractivity (Wildman–Crippen MR) is 110 cm³/mol. The first kappa shape index (κ1) is 19.5. The van der Waals surface area contributed by atoms with Gasteiger partial charge in [-0.2, -0.15) is 0 Å². The number of para-hydroxylation sites is 1. The zero-order chi connectivity index (χ0) is 19.1. The van der Waals surface area contributed by atoms with Gasteiger partial charge >= 0.3 is 6.09 Å². The molecule has 1 amide bonds. The van der Waals surface area contributed by atoms with Gasteiger partial charge in [-0.3, -0.25) is 0 Å². The molecule has 0 bridgehead atoms. The highest BCUT2D eigenvalue weighted by atomic mass is 16.6. The minimum Gasteiger partial charge on any atom is -0.449 e. The number of aromatic nitrogens is 1. The third kappa shape index (κ3) is 5.12. The fourth-order valence-corrected chi connectivity index (χ4v) is 3.53. The highest BCUT2D eigenvalue weighted by molar-refractivity contribution is 5.80. The van der Waals surface area contributed by atoms with Crippen LogP contribution in [-0.2, 0) is 4.74 Å². The Labute approximate surface area is 162 Å². The number of carbonyl (C=O) groups is 1. The summed E-state index contributed by atoms with van der Waals surface area (Å²) < 4.78 is 5.58. The molecule has 0 spiro atoms. The summed E-state index contributed by atoms with van der Waals surface area (Å²) in [5.74, 6) is 1.46. The van der Waals surface area contributed by atoms with E-state index in [2.05, 4.69) is 36.9 Å². The summed E-state index contributed by atoms with van der Waals surface area (Å²) in [6.07, 6.45) is 4.43. The molecule has 0 N–H and O–H groups in total. The third-order valence-corrected chi connectivity index (χ3v) is 5.43. The molecule has 2 aromatic rings. The van der Waals surface area contributed by atoms with E-state index in [0.29, 0.717) is 25.6 Å². The molecule has 5 heteroatoms. The second kappa shape index (κ2) is 9.58. The number of unbranched alkanes of at least 4 members (excludes halogenated alkanes) is 1. The SMILES string of the molecule is CCCCC(CC)COC(=O)N1CCN(c2ccc3ccccc3n2)CC1. The van der Waals surface area contributed by atoms with E-state index < -0.39 is 0 Å². The number of hydrogen-bond acceptors (Lipinski definition) is 4. The monoisotopic (exact) mass is 369 g/mol. The Morgan fingerprint density at radius 2 is 1.89 bits per heavy atom. The topological polar surface area (TPSA) is 45.7 Å². The fourth-order valence-electron chi connectivity index (χ4n) is 3.53. The summed E-state index contributed by atoms with van der Waals surface area (Å²) in [6, 6.07) is 12.3. The smallest absolute Gasteiger partial charge is 0.409 e. The van der Waals surface area contributed by atoms with Crippen LogP contribution in [0.5, 0.6) is 0 Å². The average molecular weight is 370 g/mol. The molecule has 0 saturated carbocycles. The van der Waals surface area contributed by atoms with Crippen molar-refractivity contribution in [1.82, 2.24) is 9.88 Å². The Bertz CT molecular complexity index is 741. The van der Waals surface area contributed by atoms with E-state index in [-0.39, 0.29) is 6.09 Å². The van der Waals surface area contributed by atoms with E-state index in [1.807, 2.05) is 23.1 Å². The predicted octanol–water partition coefficient (Wildman–Crippen LogP) is 4.71. The minimum absolute atomic E-state index is 0.170. The van der Waals surface area contributed by atoms with E-state index in [0.717, 1.165) is 42.7 Å². The number of rotatable bonds is 7. The van der Waals surface area contributed by atoms with Gasteiger partial charge in [-0.1, -0.05) is 51.3 Å². The van der Waals surface area contributed by atoms with Crippen molar-refractivity contribution < 1.29 is 9.53 Å². The van der Waals surface area contributed by atoms with E-state index >= 15 is 0 Å². The molecule has 146 valence electrons. The molecule has 5 nitrogen and oxygen atoms in total. The lowest BCUT2D eigenvalue weighted by Gasteiger charge is -2.35. The van der Waals surface area contributed by atoms with Crippen LogP contribution in [0.3, 0.4) is 0 Å². The van der Waals surface area contributed by atoms with Crippen molar-refractivity contribution in [3.05, 3.63) is 36.4 Å². The van der Waals surface area contributed by atoms with E-state index in [1.54, 1.807) is 0 Å². The molecule has 0 radical (unpaired) electrons. The molecule has 1 aromatic carbocycles. The Kier molecular flexibility index (Phi) is 6.91. The summed E-state index contributed by atoms with van der Waals surface area (Å²) >= 11 is 0. The second-order valence-corrected chi connectivity index (χ2v) is 7.33. The molecule has 3 rings (SSSR count). The van der Waals surface area contributed by atoms with Crippen molar-refractivity contribution >= 4 is 22.8 Å². The lowest BCUT2D eigenvalue weighted by atomic mass is 10.0. The highest BCUT2D eigenvalue weighted by Gasteiger charge is 2.23. The van der Waals surface area contributed by atoms with Gasteiger partial charge in [0.1, 0.15) is 5.82 Å². The maximum Gasteiger partial charge on any atom is 0.409 e. The van der Waals surface area contributed by atoms with Crippen LogP contribution in [-0.4, -0.2) is 48.8 Å². The summed E-state index contributed by atoms with van der Waals surface area (Å²) in [6.45, 7) is 7.84. The van der Waals surface area contributed by atoms with Gasteiger partial charge in [0.25, 0.3) is 0 Å². The van der Waals surface area contributed by atoms with Crippen LogP contribution in [0.25, 0.3) is 10.9 Å². The number of amides is 1. The number of carbonyl (C=O) groups excluding carboxylic acids is 1. The zero-order valence-corrected chi connectivity index (χ0v) is 16.6. The van der Waals surface area contributed by atoms with Gasteiger partial charge in [0, 0.05) is 31.6 Å². The molecule has 1 aliphatic rings. The first-order valence-electron chi connectivity index (χ1n) is 10.2. The number of fused-ring (bicyclic) bond motifs is 1. The minimum atomic E-state index is -0.170. The van der Waals surface area contributed by atoms with Gasteiger partial charge in [0.2, 0.25) is 0 Å². The summed E-state index contributed by atoms with van der Waals surface area (Å²) in [5, 5.41) is 1.15. The summed E-state index contributed by atoms with van der Waals surface area (Å²) in [4.78, 5) is 21.2. The lowest BCUT2D eigenvalue weighted by Crippen LogP contribution is -2.49. The first-order chi connectivity index (χ1) is 13.2. The van der Waals surface area contributed by atoms with Gasteiger partial charge in [0.15, 0.2) is 0 Å². The molecule has 1 unspecified atom stereocenters. The standard InChI is InChI=1S/C22H31N3O2/c1-3-5-8-18(4-2)17-27-22(26)25-15-13-24(14-16-25)21-12-11-19-9-6-7-10-20(19)23-21/h6-7,9-12,18H,3-5,8,13-17H2,1-2H3. The molecule has 1 aromatic heterocycles. The van der Waals surface area contributed by atoms with Crippen LogP contribution in [0.2, 0.25) is 0 Å². The van der Waals surface area contributed by atoms with Crippen molar-refractivity contribution in [3.63, 3.8) is 0 Å². The fraction of sp³-hybridized carbons (Fsp3) is 0.545.